The second kappa shape index (κ2) is 4.84. The highest BCUT2D eigenvalue weighted by molar-refractivity contribution is 5.86. The number of aryl methyl sites for hydroxylation is 1. The molecular formula is C13H14N2O. The third kappa shape index (κ3) is 1.94. The third-order valence-corrected chi connectivity index (χ3v) is 2.75. The Labute approximate surface area is 94.5 Å². The molecule has 0 radical (unpaired) electrons. The lowest BCUT2D eigenvalue weighted by molar-refractivity contribution is 0.799. The summed E-state index contributed by atoms with van der Waals surface area (Å²) in [6, 6.07) is 7.50. The Bertz CT molecular complexity index is 508. The minimum absolute atomic E-state index is 0.550. The smallest absolute Gasteiger partial charge is 0.111 e. The van der Waals surface area contributed by atoms with Crippen LogP contribution in [0.2, 0.25) is 0 Å². The number of rotatable bonds is 4. The summed E-state index contributed by atoms with van der Waals surface area (Å²) < 4.78 is 0. The van der Waals surface area contributed by atoms with Gasteiger partial charge >= 0.3 is 0 Å². The highest BCUT2D eigenvalue weighted by atomic mass is 16.3. The number of hydrogen-bond donors (Lipinski definition) is 0. The zero-order valence-electron chi connectivity index (χ0n) is 9.31. The molecule has 3 heteroatoms. The van der Waals surface area contributed by atoms with Gasteiger partial charge in [-0.3, -0.25) is 4.98 Å². The summed E-state index contributed by atoms with van der Waals surface area (Å²) >= 11 is 0. The Kier molecular flexibility index (Phi) is 3.25. The molecular weight excluding hydrogens is 200 g/mol. The standard InChI is InChI=1S/C13H14N2O/c1-2-3-5-11-10-6-4-9-14-12(10)7-8-13(11)15-16/h4,6-9H,2-3,5H2,1H3. The first-order valence-corrected chi connectivity index (χ1v) is 5.56. The lowest BCUT2D eigenvalue weighted by atomic mass is 10.0. The fraction of sp³-hybridized carbons (Fsp3) is 0.308. The Morgan fingerprint density at radius 3 is 2.94 bits per heavy atom. The van der Waals surface area contributed by atoms with Crippen LogP contribution in [0.4, 0.5) is 5.69 Å². The van der Waals surface area contributed by atoms with Crippen molar-refractivity contribution in [3.63, 3.8) is 0 Å². The van der Waals surface area contributed by atoms with Gasteiger partial charge in [0.25, 0.3) is 0 Å². The fourth-order valence-corrected chi connectivity index (χ4v) is 1.90. The van der Waals surface area contributed by atoms with E-state index in [1.54, 1.807) is 12.3 Å². The Balaban J connectivity index is 2.58. The topological polar surface area (TPSA) is 42.3 Å². The van der Waals surface area contributed by atoms with E-state index < -0.39 is 0 Å². The van der Waals surface area contributed by atoms with E-state index in [0.717, 1.165) is 35.7 Å². The minimum atomic E-state index is 0.550. The summed E-state index contributed by atoms with van der Waals surface area (Å²) in [7, 11) is 0. The lowest BCUT2D eigenvalue weighted by Gasteiger charge is -2.07. The normalized spacial score (nSPS) is 10.6. The molecule has 1 aromatic heterocycles. The number of benzene rings is 1. The summed E-state index contributed by atoms with van der Waals surface area (Å²) in [5.74, 6) is 0. The van der Waals surface area contributed by atoms with Gasteiger partial charge in [0.2, 0.25) is 0 Å². The average Bonchev–Trinajstić information content (AvgIpc) is 2.35. The summed E-state index contributed by atoms with van der Waals surface area (Å²) in [6.45, 7) is 2.14. The van der Waals surface area contributed by atoms with Crippen LogP contribution in [0.25, 0.3) is 10.9 Å². The largest absolute Gasteiger partial charge is 0.256 e. The first kappa shape index (κ1) is 10.7. The van der Waals surface area contributed by atoms with E-state index in [1.165, 1.54) is 0 Å². The Morgan fingerprint density at radius 2 is 2.19 bits per heavy atom. The SMILES string of the molecule is CCCCc1c(N=O)ccc2ncccc12. The number of unbranched alkanes of at least 4 members (excludes halogenated alkanes) is 1. The van der Waals surface area contributed by atoms with Crippen LogP contribution < -0.4 is 0 Å². The molecule has 0 amide bonds. The molecule has 0 unspecified atom stereocenters. The minimum Gasteiger partial charge on any atom is -0.256 e. The molecule has 0 saturated heterocycles. The van der Waals surface area contributed by atoms with Gasteiger partial charge in [-0.05, 0) is 41.8 Å². The van der Waals surface area contributed by atoms with Gasteiger partial charge in [0.1, 0.15) is 5.69 Å². The van der Waals surface area contributed by atoms with Crippen LogP contribution in [0.15, 0.2) is 35.6 Å². The van der Waals surface area contributed by atoms with Crippen LogP contribution in [0, 0.1) is 4.91 Å². The predicted molar refractivity (Wildman–Crippen MR) is 65.8 cm³/mol. The number of aromatic nitrogens is 1. The molecule has 82 valence electrons. The Hall–Kier alpha value is -1.77. The maximum Gasteiger partial charge on any atom is 0.111 e. The number of pyridine rings is 1. The van der Waals surface area contributed by atoms with Crippen molar-refractivity contribution < 1.29 is 0 Å². The van der Waals surface area contributed by atoms with Crippen molar-refractivity contribution in [1.82, 2.24) is 4.98 Å². The lowest BCUT2D eigenvalue weighted by Crippen LogP contribution is -1.89. The van der Waals surface area contributed by atoms with Crippen LogP contribution in [0.5, 0.6) is 0 Å². The Morgan fingerprint density at radius 1 is 1.31 bits per heavy atom. The number of fused-ring (bicyclic) bond motifs is 1. The molecule has 2 rings (SSSR count). The van der Waals surface area contributed by atoms with Gasteiger partial charge in [-0.1, -0.05) is 19.4 Å². The average molecular weight is 214 g/mol. The first-order valence-electron chi connectivity index (χ1n) is 5.56. The summed E-state index contributed by atoms with van der Waals surface area (Å²) in [6.07, 6.45) is 4.83. The predicted octanol–water partition coefficient (Wildman–Crippen LogP) is 3.98. The van der Waals surface area contributed by atoms with Crippen molar-refractivity contribution in [2.75, 3.05) is 0 Å². The van der Waals surface area contributed by atoms with E-state index in [0.29, 0.717) is 5.69 Å². The maximum absolute atomic E-state index is 10.8. The number of nitroso groups, excluding NO2 is 1. The molecule has 0 aliphatic carbocycles. The molecule has 2 aromatic rings. The van der Waals surface area contributed by atoms with Gasteiger partial charge in [0.05, 0.1) is 5.52 Å². The highest BCUT2D eigenvalue weighted by Crippen LogP contribution is 2.28. The summed E-state index contributed by atoms with van der Waals surface area (Å²) in [5.41, 5.74) is 2.51. The summed E-state index contributed by atoms with van der Waals surface area (Å²) in [4.78, 5) is 15.0. The van der Waals surface area contributed by atoms with Crippen molar-refractivity contribution in [2.24, 2.45) is 5.18 Å². The molecule has 0 bridgehead atoms. The molecule has 1 heterocycles. The van der Waals surface area contributed by atoms with E-state index in [2.05, 4.69) is 17.1 Å². The molecule has 16 heavy (non-hydrogen) atoms. The van der Waals surface area contributed by atoms with Crippen LogP contribution >= 0.6 is 0 Å². The molecule has 0 spiro atoms. The zero-order chi connectivity index (χ0) is 11.4. The van der Waals surface area contributed by atoms with Gasteiger partial charge in [-0.25, -0.2) is 0 Å². The van der Waals surface area contributed by atoms with Gasteiger partial charge in [-0.15, -0.1) is 4.91 Å². The van der Waals surface area contributed by atoms with Crippen molar-refractivity contribution in [3.8, 4) is 0 Å². The number of hydrogen-bond acceptors (Lipinski definition) is 3. The second-order valence-electron chi connectivity index (χ2n) is 3.83. The second-order valence-corrected chi connectivity index (χ2v) is 3.83. The van der Waals surface area contributed by atoms with Crippen molar-refractivity contribution in [1.29, 1.82) is 0 Å². The van der Waals surface area contributed by atoms with Gasteiger partial charge in [0.15, 0.2) is 0 Å². The molecule has 0 aliphatic rings. The van der Waals surface area contributed by atoms with E-state index in [4.69, 9.17) is 0 Å². The molecule has 0 fully saturated rings. The van der Waals surface area contributed by atoms with E-state index >= 15 is 0 Å². The van der Waals surface area contributed by atoms with Gasteiger partial charge in [-0.2, -0.15) is 0 Å². The van der Waals surface area contributed by atoms with Crippen molar-refractivity contribution in [3.05, 3.63) is 40.9 Å². The number of nitrogens with zero attached hydrogens (tertiary/aromatic N) is 2. The molecule has 0 saturated carbocycles. The zero-order valence-corrected chi connectivity index (χ0v) is 9.31. The fourth-order valence-electron chi connectivity index (χ4n) is 1.90. The maximum atomic E-state index is 10.8. The monoisotopic (exact) mass is 214 g/mol. The van der Waals surface area contributed by atoms with Crippen LogP contribution in [-0.4, -0.2) is 4.98 Å². The first-order chi connectivity index (χ1) is 7.86. The van der Waals surface area contributed by atoms with Gasteiger partial charge < -0.3 is 0 Å². The van der Waals surface area contributed by atoms with E-state index in [9.17, 15) is 4.91 Å². The highest BCUT2D eigenvalue weighted by Gasteiger charge is 2.07. The van der Waals surface area contributed by atoms with E-state index in [-0.39, 0.29) is 0 Å². The molecule has 3 nitrogen and oxygen atoms in total. The van der Waals surface area contributed by atoms with Crippen LogP contribution in [0.1, 0.15) is 25.3 Å². The van der Waals surface area contributed by atoms with Crippen LogP contribution in [0.3, 0.4) is 0 Å². The quantitative estimate of drug-likeness (QED) is 0.722. The molecule has 0 aliphatic heterocycles. The van der Waals surface area contributed by atoms with Crippen molar-refractivity contribution >= 4 is 16.6 Å². The van der Waals surface area contributed by atoms with Crippen molar-refractivity contribution in [2.45, 2.75) is 26.2 Å². The van der Waals surface area contributed by atoms with Crippen LogP contribution in [-0.2, 0) is 6.42 Å². The third-order valence-electron chi connectivity index (χ3n) is 2.75. The summed E-state index contributed by atoms with van der Waals surface area (Å²) in [5, 5.41) is 4.14. The van der Waals surface area contributed by atoms with E-state index in [1.807, 2.05) is 18.2 Å². The molecule has 0 N–H and O–H groups in total. The molecule has 1 aromatic carbocycles. The molecule has 0 atom stereocenters. The van der Waals surface area contributed by atoms with Gasteiger partial charge in [0, 0.05) is 11.6 Å².